The predicted octanol–water partition coefficient (Wildman–Crippen LogP) is 4.66. The van der Waals surface area contributed by atoms with Crippen molar-refractivity contribution >= 4 is 8.03 Å². The van der Waals surface area contributed by atoms with E-state index < -0.39 is 13.8 Å². The smallest absolute Gasteiger partial charge is 0.192 e. The molecule has 0 aromatic heterocycles. The van der Waals surface area contributed by atoms with E-state index in [-0.39, 0.29) is 25.0 Å². The Balaban J connectivity index is 2.24. The Bertz CT molecular complexity index is 545. The van der Waals surface area contributed by atoms with Gasteiger partial charge in [0.1, 0.15) is 0 Å². The molecule has 7 heteroatoms. The summed E-state index contributed by atoms with van der Waals surface area (Å²) in [5.74, 6) is -0.188. The number of hydrogen-bond donors (Lipinski definition) is 2. The molecule has 1 rings (SSSR count). The van der Waals surface area contributed by atoms with Crippen molar-refractivity contribution in [3.63, 3.8) is 0 Å². The van der Waals surface area contributed by atoms with Crippen molar-refractivity contribution in [1.29, 1.82) is 0 Å². The van der Waals surface area contributed by atoms with Crippen molar-refractivity contribution < 1.29 is 23.3 Å². The average molecular weight is 403 g/mol. The Hall–Kier alpha value is -0.940. The quantitative estimate of drug-likeness (QED) is 0.310. The second-order valence-corrected chi connectivity index (χ2v) is 8.41. The molecule has 27 heavy (non-hydrogen) atoms. The summed E-state index contributed by atoms with van der Waals surface area (Å²) in [6.45, 7) is 2.66. The Kier molecular flexibility index (Phi) is 13.4. The van der Waals surface area contributed by atoms with Gasteiger partial charge in [-0.15, -0.1) is 0 Å². The van der Waals surface area contributed by atoms with Crippen LogP contribution in [-0.4, -0.2) is 30.5 Å². The van der Waals surface area contributed by atoms with Crippen LogP contribution in [0.15, 0.2) is 18.2 Å². The van der Waals surface area contributed by atoms with Gasteiger partial charge in [0.05, 0.1) is 19.8 Å². The molecule has 0 fully saturated rings. The summed E-state index contributed by atoms with van der Waals surface area (Å²) in [7, 11) is -2.24. The number of benzene rings is 1. The summed E-state index contributed by atoms with van der Waals surface area (Å²) in [5, 5.41) is 8.84. The fourth-order valence-corrected chi connectivity index (χ4v) is 3.70. The van der Waals surface area contributed by atoms with Crippen LogP contribution < -0.4 is 10.5 Å². The number of aliphatic hydroxyl groups excluding tert-OH is 1. The minimum Gasteiger partial charge on any atom is -0.491 e. The largest absolute Gasteiger partial charge is 0.491 e. The van der Waals surface area contributed by atoms with Gasteiger partial charge in [-0.1, -0.05) is 51.5 Å². The van der Waals surface area contributed by atoms with Gasteiger partial charge in [-0.2, -0.15) is 0 Å². The summed E-state index contributed by atoms with van der Waals surface area (Å²) in [6, 6.07) is 4.29. The Morgan fingerprint density at radius 3 is 2.56 bits per heavy atom. The number of aliphatic hydroxyl groups is 1. The lowest BCUT2D eigenvalue weighted by Crippen LogP contribution is -2.24. The van der Waals surface area contributed by atoms with Gasteiger partial charge in [0, 0.05) is 12.2 Å². The van der Waals surface area contributed by atoms with Gasteiger partial charge < -0.3 is 20.1 Å². The van der Waals surface area contributed by atoms with Gasteiger partial charge in [0.25, 0.3) is 0 Å². The number of nitrogens with two attached hydrogens (primary N) is 1. The van der Waals surface area contributed by atoms with Gasteiger partial charge in [0.15, 0.2) is 19.6 Å². The van der Waals surface area contributed by atoms with Crippen molar-refractivity contribution in [2.45, 2.75) is 70.9 Å². The van der Waals surface area contributed by atoms with Gasteiger partial charge >= 0.3 is 0 Å². The third kappa shape index (κ3) is 11.5. The van der Waals surface area contributed by atoms with Crippen LogP contribution in [0.5, 0.6) is 5.75 Å². The molecule has 3 N–H and O–H groups in total. The fraction of sp³-hybridized carbons (Fsp3) is 0.700. The van der Waals surface area contributed by atoms with Crippen LogP contribution in [0.3, 0.4) is 0 Å². The summed E-state index contributed by atoms with van der Waals surface area (Å²) < 4.78 is 36.7. The van der Waals surface area contributed by atoms with Crippen molar-refractivity contribution in [2.24, 2.45) is 5.73 Å². The van der Waals surface area contributed by atoms with E-state index in [1.54, 1.807) is 12.1 Å². The van der Waals surface area contributed by atoms with Crippen LogP contribution in [-0.2, 0) is 15.7 Å². The first kappa shape index (κ1) is 24.1. The first-order chi connectivity index (χ1) is 13.1. The molecular formula is C20H35FNO4P. The molecule has 2 atom stereocenters. The maximum atomic E-state index is 14.1. The maximum Gasteiger partial charge on any atom is 0.192 e. The molecule has 0 aliphatic heterocycles. The van der Waals surface area contributed by atoms with Crippen LogP contribution in [0.25, 0.3) is 0 Å². The summed E-state index contributed by atoms with van der Waals surface area (Å²) in [6.07, 6.45) is 9.07. The average Bonchev–Trinajstić information content (AvgIpc) is 2.67. The molecule has 5 nitrogen and oxygen atoms in total. The van der Waals surface area contributed by atoms with Gasteiger partial charge in [-0.25, -0.2) is 4.39 Å². The number of hydrogen-bond acceptors (Lipinski definition) is 5. The number of rotatable bonds is 16. The zero-order valence-electron chi connectivity index (χ0n) is 16.4. The molecule has 156 valence electrons. The zero-order valence-corrected chi connectivity index (χ0v) is 17.4. The SMILES string of the molecule is CCCCCCCCCOc1ccc(CO[PH](=O)CCC(N)CO)cc1F. The lowest BCUT2D eigenvalue weighted by atomic mass is 10.1. The van der Waals surface area contributed by atoms with Crippen molar-refractivity contribution in [3.05, 3.63) is 29.6 Å². The highest BCUT2D eigenvalue weighted by molar-refractivity contribution is 7.39. The standard InChI is InChI=1S/C20H35FNO4P/c1-2-3-4-5-6-7-8-12-25-20-10-9-17(14-19(20)21)16-26-27(24)13-11-18(22)15-23/h9-10,14,18,23,27H,2-8,11-13,15-16,22H2,1H3. The molecular weight excluding hydrogens is 368 g/mol. The normalized spacial score (nSPS) is 13.5. The van der Waals surface area contributed by atoms with Crippen molar-refractivity contribution in [1.82, 2.24) is 0 Å². The van der Waals surface area contributed by atoms with E-state index in [2.05, 4.69) is 6.92 Å². The van der Waals surface area contributed by atoms with Gasteiger partial charge in [0.2, 0.25) is 0 Å². The third-order valence-electron chi connectivity index (χ3n) is 4.36. The molecule has 0 amide bonds. The van der Waals surface area contributed by atoms with Crippen LogP contribution in [0, 0.1) is 5.82 Å². The molecule has 2 unspecified atom stereocenters. The summed E-state index contributed by atoms with van der Waals surface area (Å²) >= 11 is 0. The van der Waals surface area contributed by atoms with E-state index in [0.29, 0.717) is 24.8 Å². The Labute approximate surface area is 163 Å². The number of ether oxygens (including phenoxy) is 1. The highest BCUT2D eigenvalue weighted by Crippen LogP contribution is 2.27. The molecule has 1 aromatic rings. The molecule has 0 bridgehead atoms. The predicted molar refractivity (Wildman–Crippen MR) is 108 cm³/mol. The van der Waals surface area contributed by atoms with E-state index in [1.807, 2.05) is 0 Å². The van der Waals surface area contributed by atoms with Gasteiger partial charge in [-0.3, -0.25) is 4.57 Å². The van der Waals surface area contributed by atoms with Crippen LogP contribution in [0.4, 0.5) is 4.39 Å². The zero-order chi connectivity index (χ0) is 19.9. The first-order valence-corrected chi connectivity index (χ1v) is 11.5. The molecule has 0 saturated carbocycles. The van der Waals surface area contributed by atoms with E-state index in [0.717, 1.165) is 12.8 Å². The molecule has 1 aromatic carbocycles. The van der Waals surface area contributed by atoms with Crippen LogP contribution in [0.2, 0.25) is 0 Å². The number of unbranched alkanes of at least 4 members (excludes halogenated alkanes) is 6. The van der Waals surface area contributed by atoms with E-state index in [1.165, 1.54) is 38.2 Å². The lowest BCUT2D eigenvalue weighted by Gasteiger charge is -2.10. The first-order valence-electron chi connectivity index (χ1n) is 10.00. The highest BCUT2D eigenvalue weighted by atomic mass is 31.1. The monoisotopic (exact) mass is 403 g/mol. The summed E-state index contributed by atoms with van der Waals surface area (Å²) in [5.41, 5.74) is 6.17. The minimum absolute atomic E-state index is 0.0844. The fourth-order valence-electron chi connectivity index (χ4n) is 2.62. The van der Waals surface area contributed by atoms with Crippen molar-refractivity contribution in [3.8, 4) is 5.75 Å². The van der Waals surface area contributed by atoms with Gasteiger partial charge in [-0.05, 0) is 30.5 Å². The molecule has 0 spiro atoms. The summed E-state index contributed by atoms with van der Waals surface area (Å²) in [4.78, 5) is 0. The molecule has 0 aliphatic rings. The van der Waals surface area contributed by atoms with E-state index in [9.17, 15) is 8.96 Å². The topological polar surface area (TPSA) is 81.8 Å². The minimum atomic E-state index is -2.24. The second kappa shape index (κ2) is 15.0. The Morgan fingerprint density at radius 2 is 1.89 bits per heavy atom. The number of halogens is 1. The second-order valence-electron chi connectivity index (χ2n) is 6.88. The molecule has 0 aliphatic carbocycles. The van der Waals surface area contributed by atoms with Crippen LogP contribution in [0.1, 0.15) is 63.9 Å². The van der Waals surface area contributed by atoms with E-state index >= 15 is 0 Å². The highest BCUT2D eigenvalue weighted by Gasteiger charge is 2.08. The van der Waals surface area contributed by atoms with Crippen LogP contribution >= 0.6 is 8.03 Å². The molecule has 0 heterocycles. The van der Waals surface area contributed by atoms with Crippen molar-refractivity contribution in [2.75, 3.05) is 19.4 Å². The molecule has 0 saturated heterocycles. The molecule has 0 radical (unpaired) electrons. The maximum absolute atomic E-state index is 14.1. The Morgan fingerprint density at radius 1 is 1.19 bits per heavy atom. The van der Waals surface area contributed by atoms with E-state index in [4.69, 9.17) is 20.1 Å². The third-order valence-corrected chi connectivity index (χ3v) is 5.52. The lowest BCUT2D eigenvalue weighted by molar-refractivity contribution is 0.261.